The first-order chi connectivity index (χ1) is 17.0. The van der Waals surface area contributed by atoms with Crippen LogP contribution in [0.2, 0.25) is 0 Å². The Morgan fingerprint density at radius 1 is 0.857 bits per heavy atom. The van der Waals surface area contributed by atoms with Gasteiger partial charge in [-0.05, 0) is 58.9 Å². The fourth-order valence-electron chi connectivity index (χ4n) is 4.36. The molecular weight excluding hydrogens is 433 g/mol. The molecular formula is C30H36BNO3. The second-order valence-electron chi connectivity index (χ2n) is 9.79. The second-order valence-corrected chi connectivity index (χ2v) is 9.79. The lowest BCUT2D eigenvalue weighted by Gasteiger charge is -2.33. The number of likely N-dealkylation sites (N-methyl/N-ethyl adjacent to an activating group) is 1. The zero-order chi connectivity index (χ0) is 24.7. The van der Waals surface area contributed by atoms with Crippen molar-refractivity contribution in [3.05, 3.63) is 95.6 Å². The molecule has 4 rings (SSSR count). The van der Waals surface area contributed by atoms with E-state index in [9.17, 15) is 0 Å². The molecule has 1 aliphatic rings. The predicted octanol–water partition coefficient (Wildman–Crippen LogP) is 5.42. The molecule has 0 saturated carbocycles. The average molecular weight is 469 g/mol. The molecule has 3 aromatic carbocycles. The molecule has 1 aliphatic heterocycles. The third-order valence-corrected chi connectivity index (χ3v) is 6.26. The van der Waals surface area contributed by atoms with Crippen LogP contribution in [0.1, 0.15) is 43.9 Å². The minimum absolute atomic E-state index is 0.0565. The topological polar surface area (TPSA) is 39.7 Å². The number of benzene rings is 3. The number of allylic oxidation sites excluding steroid dienone is 1. The van der Waals surface area contributed by atoms with E-state index in [1.807, 2.05) is 7.05 Å². The molecule has 0 bridgehead atoms. The van der Waals surface area contributed by atoms with Gasteiger partial charge in [0.1, 0.15) is 12.4 Å². The number of hydrogen-bond donors (Lipinski definition) is 1. The summed E-state index contributed by atoms with van der Waals surface area (Å²) < 4.78 is 17.9. The Morgan fingerprint density at radius 2 is 1.46 bits per heavy atom. The van der Waals surface area contributed by atoms with Crippen molar-refractivity contribution in [2.75, 3.05) is 33.4 Å². The van der Waals surface area contributed by atoms with Crippen molar-refractivity contribution in [3.8, 4) is 5.75 Å². The highest BCUT2D eigenvalue weighted by Gasteiger charge is 2.33. The molecule has 1 N–H and O–H groups in total. The molecule has 0 aromatic heterocycles. The van der Waals surface area contributed by atoms with Crippen LogP contribution in [0.25, 0.3) is 11.1 Å². The summed E-state index contributed by atoms with van der Waals surface area (Å²) in [5.74, 6) is 0.881. The van der Waals surface area contributed by atoms with Gasteiger partial charge in [0.05, 0.1) is 0 Å². The number of nitrogens with one attached hydrogen (secondary N) is 1. The molecule has 0 radical (unpaired) electrons. The van der Waals surface area contributed by atoms with Crippen LogP contribution in [0.3, 0.4) is 0 Å². The van der Waals surface area contributed by atoms with Gasteiger partial charge in [-0.2, -0.15) is 0 Å². The Labute approximate surface area is 210 Å². The van der Waals surface area contributed by atoms with Gasteiger partial charge >= 0.3 is 7.12 Å². The summed E-state index contributed by atoms with van der Waals surface area (Å²) in [5, 5.41) is 3.11. The third-order valence-electron chi connectivity index (χ3n) is 6.26. The molecule has 0 spiro atoms. The van der Waals surface area contributed by atoms with Crippen LogP contribution in [-0.4, -0.2) is 40.5 Å². The van der Waals surface area contributed by atoms with Crippen LogP contribution in [0.15, 0.2) is 78.9 Å². The van der Waals surface area contributed by atoms with E-state index in [4.69, 9.17) is 14.0 Å². The van der Waals surface area contributed by atoms with Crippen molar-refractivity contribution in [2.45, 2.75) is 27.2 Å². The number of rotatable bonds is 9. The van der Waals surface area contributed by atoms with Crippen molar-refractivity contribution >= 4 is 23.7 Å². The quantitative estimate of drug-likeness (QED) is 0.258. The minimum Gasteiger partial charge on any atom is -0.492 e. The van der Waals surface area contributed by atoms with E-state index >= 15 is 0 Å². The van der Waals surface area contributed by atoms with Crippen LogP contribution in [-0.2, 0) is 9.31 Å². The summed E-state index contributed by atoms with van der Waals surface area (Å²) in [7, 11) is 1.62. The Bertz CT molecular complexity index is 1100. The highest BCUT2D eigenvalue weighted by atomic mass is 16.6. The predicted molar refractivity (Wildman–Crippen MR) is 146 cm³/mol. The van der Waals surface area contributed by atoms with Crippen LogP contribution < -0.4 is 15.5 Å². The SMILES string of the molecule is CC/C(=C(\c1ccc(OCCNC)cc1)c1ccc(B2OCC(C)(C)CO2)cc1)c1ccccc1. The molecule has 0 atom stereocenters. The van der Waals surface area contributed by atoms with E-state index in [1.54, 1.807) is 0 Å². The van der Waals surface area contributed by atoms with E-state index in [0.717, 1.165) is 24.2 Å². The summed E-state index contributed by atoms with van der Waals surface area (Å²) in [5.41, 5.74) is 7.24. The maximum absolute atomic E-state index is 6.00. The summed E-state index contributed by atoms with van der Waals surface area (Å²) in [6.45, 7) is 9.40. The van der Waals surface area contributed by atoms with Crippen molar-refractivity contribution in [1.29, 1.82) is 0 Å². The second kappa shape index (κ2) is 11.7. The monoisotopic (exact) mass is 469 g/mol. The van der Waals surface area contributed by atoms with E-state index in [1.165, 1.54) is 27.8 Å². The summed E-state index contributed by atoms with van der Waals surface area (Å²) in [6, 6.07) is 27.7. The summed E-state index contributed by atoms with van der Waals surface area (Å²) in [4.78, 5) is 0. The molecule has 1 saturated heterocycles. The molecule has 0 amide bonds. The Balaban J connectivity index is 1.68. The number of hydrogen-bond acceptors (Lipinski definition) is 4. The van der Waals surface area contributed by atoms with Gasteiger partial charge in [0, 0.05) is 25.2 Å². The highest BCUT2D eigenvalue weighted by molar-refractivity contribution is 6.61. The zero-order valence-electron chi connectivity index (χ0n) is 21.3. The van der Waals surface area contributed by atoms with Crippen molar-refractivity contribution < 1.29 is 14.0 Å². The fraction of sp³-hybridized carbons (Fsp3) is 0.333. The molecule has 182 valence electrons. The molecule has 0 aliphatic carbocycles. The lowest BCUT2D eigenvalue weighted by atomic mass is 9.75. The van der Waals surface area contributed by atoms with E-state index in [2.05, 4.69) is 105 Å². The first-order valence-corrected chi connectivity index (χ1v) is 12.5. The van der Waals surface area contributed by atoms with Crippen molar-refractivity contribution in [3.63, 3.8) is 0 Å². The minimum atomic E-state index is -0.307. The Hall–Kier alpha value is -2.86. The average Bonchev–Trinajstić information content (AvgIpc) is 2.89. The molecule has 35 heavy (non-hydrogen) atoms. The normalized spacial score (nSPS) is 16.1. The molecule has 4 nitrogen and oxygen atoms in total. The summed E-state index contributed by atoms with van der Waals surface area (Å²) >= 11 is 0. The lowest BCUT2D eigenvalue weighted by molar-refractivity contribution is 0.0343. The van der Waals surface area contributed by atoms with Crippen LogP contribution >= 0.6 is 0 Å². The Kier molecular flexibility index (Phi) is 8.45. The largest absolute Gasteiger partial charge is 0.493 e. The van der Waals surface area contributed by atoms with Gasteiger partial charge in [-0.1, -0.05) is 87.5 Å². The maximum atomic E-state index is 6.00. The molecule has 1 heterocycles. The Morgan fingerprint density at radius 3 is 2.03 bits per heavy atom. The summed E-state index contributed by atoms with van der Waals surface area (Å²) in [6.07, 6.45) is 0.922. The van der Waals surface area contributed by atoms with Gasteiger partial charge in [-0.25, -0.2) is 0 Å². The van der Waals surface area contributed by atoms with Gasteiger partial charge < -0.3 is 19.4 Å². The van der Waals surface area contributed by atoms with Gasteiger partial charge in [0.15, 0.2) is 0 Å². The van der Waals surface area contributed by atoms with E-state index in [-0.39, 0.29) is 12.5 Å². The highest BCUT2D eigenvalue weighted by Crippen LogP contribution is 2.35. The molecule has 5 heteroatoms. The van der Waals surface area contributed by atoms with E-state index < -0.39 is 0 Å². The molecule has 3 aromatic rings. The first kappa shape index (κ1) is 25.2. The molecule has 0 unspecified atom stereocenters. The third kappa shape index (κ3) is 6.43. The standard InChI is InChI=1S/C30H36BNO3/c1-5-28(23-9-7-6-8-10-23)29(25-13-17-27(18-14-25)33-20-19-32-4)24-11-15-26(16-12-24)31-34-21-30(2,3)22-35-31/h6-18,32H,5,19-22H2,1-4H3/b29-28+. The molecule has 1 fully saturated rings. The van der Waals surface area contributed by atoms with Crippen LogP contribution in [0, 0.1) is 5.41 Å². The smallest absolute Gasteiger partial charge is 0.492 e. The van der Waals surface area contributed by atoms with Gasteiger partial charge in [-0.3, -0.25) is 0 Å². The number of ether oxygens (including phenoxy) is 1. The zero-order valence-corrected chi connectivity index (χ0v) is 21.3. The lowest BCUT2D eigenvalue weighted by Crippen LogP contribution is -2.47. The fourth-order valence-corrected chi connectivity index (χ4v) is 4.36. The van der Waals surface area contributed by atoms with Gasteiger partial charge in [0.2, 0.25) is 0 Å². The van der Waals surface area contributed by atoms with Crippen molar-refractivity contribution in [1.82, 2.24) is 5.32 Å². The maximum Gasteiger partial charge on any atom is 0.493 e. The van der Waals surface area contributed by atoms with Gasteiger partial charge in [-0.15, -0.1) is 0 Å². The first-order valence-electron chi connectivity index (χ1n) is 12.5. The van der Waals surface area contributed by atoms with Crippen LogP contribution in [0.5, 0.6) is 5.75 Å². The van der Waals surface area contributed by atoms with Gasteiger partial charge in [0.25, 0.3) is 0 Å². The van der Waals surface area contributed by atoms with Crippen LogP contribution in [0.4, 0.5) is 0 Å². The van der Waals surface area contributed by atoms with E-state index in [0.29, 0.717) is 19.8 Å². The van der Waals surface area contributed by atoms with Crippen molar-refractivity contribution in [2.24, 2.45) is 5.41 Å².